The van der Waals surface area contributed by atoms with Crippen molar-refractivity contribution >= 4 is 17.6 Å². The zero-order valence-electron chi connectivity index (χ0n) is 11.1. The van der Waals surface area contributed by atoms with Gasteiger partial charge in [-0.3, -0.25) is 0 Å². The van der Waals surface area contributed by atoms with Gasteiger partial charge >= 0.3 is 5.97 Å². The van der Waals surface area contributed by atoms with Crippen LogP contribution in [-0.2, 0) is 9.53 Å². The van der Waals surface area contributed by atoms with E-state index in [1.165, 1.54) is 6.08 Å². The summed E-state index contributed by atoms with van der Waals surface area (Å²) in [6, 6.07) is 0. The average Bonchev–Trinajstić information content (AvgIpc) is 2.26. The molecule has 0 aliphatic heterocycles. The van der Waals surface area contributed by atoms with Gasteiger partial charge in [0.25, 0.3) is 0 Å². The molecule has 0 aliphatic rings. The normalized spacial score (nSPS) is 14.5. The van der Waals surface area contributed by atoms with E-state index in [9.17, 15) is 4.79 Å². The molecule has 0 N–H and O–H groups in total. The van der Waals surface area contributed by atoms with Crippen LogP contribution in [-0.4, -0.2) is 10.8 Å². The van der Waals surface area contributed by atoms with Crippen molar-refractivity contribution in [1.29, 1.82) is 0 Å². The summed E-state index contributed by atoms with van der Waals surface area (Å²) in [4.78, 5) is 11.1. The van der Waals surface area contributed by atoms with E-state index in [4.69, 9.17) is 11.6 Å². The number of ether oxygens (including phenoxy) is 1. The van der Waals surface area contributed by atoms with Crippen molar-refractivity contribution in [3.05, 3.63) is 11.6 Å². The maximum Gasteiger partial charge on any atom is 0.344 e. The molecule has 96 valence electrons. The molecule has 0 radical (unpaired) electrons. The highest BCUT2D eigenvalue weighted by Crippen LogP contribution is 2.26. The molecule has 17 heavy (non-hydrogen) atoms. The van der Waals surface area contributed by atoms with Gasteiger partial charge in [-0.25, -0.2) is 4.79 Å². The lowest BCUT2D eigenvalue weighted by Crippen LogP contribution is -2.14. The lowest BCUT2D eigenvalue weighted by Gasteiger charge is -2.19. The van der Waals surface area contributed by atoms with E-state index in [-0.39, 0.29) is 4.87 Å². The molecular weight excluding hydrogens is 236 g/mol. The summed E-state index contributed by atoms with van der Waals surface area (Å²) in [7, 11) is 0. The molecule has 0 saturated carbocycles. The second kappa shape index (κ2) is 8.20. The van der Waals surface area contributed by atoms with Crippen molar-refractivity contribution in [2.75, 3.05) is 0 Å². The third-order valence-corrected chi connectivity index (χ3v) is 3.08. The number of rotatable bonds is 6. The predicted octanol–water partition coefficient (Wildman–Crippen LogP) is 4.03. The standard InChI is InChI=1S/C14H21ClO2/c1-5-10-17-13(16)11-12(3)8-7-9-14(4,15)6-2/h11H,6-9H2,1-4H3. The molecule has 0 fully saturated rings. The fraction of sp³-hybridized carbons (Fsp3) is 0.643. The van der Waals surface area contributed by atoms with Gasteiger partial charge in [-0.15, -0.1) is 11.6 Å². The molecule has 0 amide bonds. The van der Waals surface area contributed by atoms with Gasteiger partial charge in [0.05, 0.1) is 0 Å². The van der Waals surface area contributed by atoms with Gasteiger partial charge in [0.1, 0.15) is 6.11 Å². The van der Waals surface area contributed by atoms with Crippen LogP contribution in [0.15, 0.2) is 11.6 Å². The molecule has 0 rings (SSSR count). The van der Waals surface area contributed by atoms with Crippen LogP contribution in [0.4, 0.5) is 0 Å². The van der Waals surface area contributed by atoms with Gasteiger partial charge in [-0.05, 0) is 39.5 Å². The van der Waals surface area contributed by atoms with Gasteiger partial charge in [-0.2, -0.15) is 0 Å². The molecule has 0 aromatic rings. The van der Waals surface area contributed by atoms with Gasteiger partial charge in [0.15, 0.2) is 0 Å². The lowest BCUT2D eigenvalue weighted by molar-refractivity contribution is -0.131. The van der Waals surface area contributed by atoms with Crippen LogP contribution in [0.1, 0.15) is 53.4 Å². The zero-order valence-corrected chi connectivity index (χ0v) is 11.9. The third-order valence-electron chi connectivity index (χ3n) is 2.62. The molecule has 0 bridgehead atoms. The number of carbonyl (C=O) groups excluding carboxylic acids is 1. The molecular formula is C14H21ClO2. The SMILES string of the molecule is CC#COC(=O)C=C(C)CCCC(C)(Cl)CC. The minimum absolute atomic E-state index is 0.130. The van der Waals surface area contributed by atoms with Gasteiger partial charge in [0, 0.05) is 17.9 Å². The Morgan fingerprint density at radius 1 is 1.53 bits per heavy atom. The third kappa shape index (κ3) is 8.83. The van der Waals surface area contributed by atoms with Crippen LogP contribution in [0, 0.1) is 12.0 Å². The summed E-state index contributed by atoms with van der Waals surface area (Å²) in [6.07, 6.45) is 7.49. The van der Waals surface area contributed by atoms with Gasteiger partial charge in [-0.1, -0.05) is 18.4 Å². The van der Waals surface area contributed by atoms with Crippen LogP contribution in [0.3, 0.4) is 0 Å². The second-order valence-corrected chi connectivity index (χ2v) is 5.30. The van der Waals surface area contributed by atoms with Crippen LogP contribution in [0.5, 0.6) is 0 Å². The molecule has 1 unspecified atom stereocenters. The van der Waals surface area contributed by atoms with Crippen molar-refractivity contribution in [3.8, 4) is 12.0 Å². The van der Waals surface area contributed by atoms with Gasteiger partial charge in [0.2, 0.25) is 0 Å². The van der Waals surface area contributed by atoms with Crippen molar-refractivity contribution in [1.82, 2.24) is 0 Å². The monoisotopic (exact) mass is 256 g/mol. The summed E-state index contributed by atoms with van der Waals surface area (Å²) in [6.45, 7) is 7.66. The summed E-state index contributed by atoms with van der Waals surface area (Å²) >= 11 is 6.25. The van der Waals surface area contributed by atoms with E-state index >= 15 is 0 Å². The van der Waals surface area contributed by atoms with E-state index in [0.29, 0.717) is 0 Å². The maximum absolute atomic E-state index is 11.2. The van der Waals surface area contributed by atoms with E-state index in [0.717, 1.165) is 31.3 Å². The molecule has 0 saturated heterocycles. The number of alkyl halides is 1. The quantitative estimate of drug-likeness (QED) is 0.310. The fourth-order valence-electron chi connectivity index (χ4n) is 1.32. The minimum atomic E-state index is -0.402. The number of hydrogen-bond donors (Lipinski definition) is 0. The average molecular weight is 257 g/mol. The Morgan fingerprint density at radius 2 is 2.18 bits per heavy atom. The van der Waals surface area contributed by atoms with E-state index < -0.39 is 5.97 Å². The first-order valence-corrected chi connectivity index (χ1v) is 6.27. The van der Waals surface area contributed by atoms with Gasteiger partial charge < -0.3 is 4.74 Å². The Hall–Kier alpha value is -0.940. The molecule has 2 nitrogen and oxygen atoms in total. The number of esters is 1. The summed E-state index contributed by atoms with van der Waals surface area (Å²) < 4.78 is 4.63. The molecule has 3 heteroatoms. The number of allylic oxidation sites excluding steroid dienone is 1. The van der Waals surface area contributed by atoms with Crippen LogP contribution >= 0.6 is 11.6 Å². The van der Waals surface area contributed by atoms with Crippen molar-refractivity contribution in [2.45, 2.75) is 58.3 Å². The smallest absolute Gasteiger partial charge is 0.344 e. The highest BCUT2D eigenvalue weighted by Gasteiger charge is 2.16. The summed E-state index contributed by atoms with van der Waals surface area (Å²) in [5, 5.41) is 0. The number of halogens is 1. The first-order valence-electron chi connectivity index (χ1n) is 5.90. The molecule has 0 aromatic heterocycles. The van der Waals surface area contributed by atoms with Crippen molar-refractivity contribution in [2.24, 2.45) is 0 Å². The molecule has 0 aromatic carbocycles. The largest absolute Gasteiger partial charge is 0.369 e. The second-order valence-electron chi connectivity index (χ2n) is 4.38. The Bertz CT molecular complexity index is 332. The Balaban J connectivity index is 4.00. The number of hydrogen-bond acceptors (Lipinski definition) is 2. The Kier molecular flexibility index (Phi) is 7.74. The van der Waals surface area contributed by atoms with Crippen molar-refractivity contribution < 1.29 is 9.53 Å². The van der Waals surface area contributed by atoms with Crippen LogP contribution in [0.25, 0.3) is 0 Å². The van der Waals surface area contributed by atoms with Crippen molar-refractivity contribution in [3.63, 3.8) is 0 Å². The highest BCUT2D eigenvalue weighted by atomic mass is 35.5. The maximum atomic E-state index is 11.2. The summed E-state index contributed by atoms with van der Waals surface area (Å²) in [5.41, 5.74) is 0.997. The molecule has 0 aliphatic carbocycles. The fourth-order valence-corrected chi connectivity index (χ4v) is 1.45. The van der Waals surface area contributed by atoms with E-state index in [1.807, 2.05) is 13.8 Å². The minimum Gasteiger partial charge on any atom is -0.369 e. The van der Waals surface area contributed by atoms with Crippen LogP contribution in [0.2, 0.25) is 0 Å². The topological polar surface area (TPSA) is 26.3 Å². The molecule has 1 atom stereocenters. The lowest BCUT2D eigenvalue weighted by atomic mass is 9.98. The Morgan fingerprint density at radius 3 is 2.71 bits per heavy atom. The van der Waals surface area contributed by atoms with E-state index in [1.54, 1.807) is 6.92 Å². The zero-order chi connectivity index (χ0) is 13.3. The molecule has 0 heterocycles. The molecule has 0 spiro atoms. The number of carbonyl (C=O) groups is 1. The highest BCUT2D eigenvalue weighted by molar-refractivity contribution is 6.23. The van der Waals surface area contributed by atoms with Crippen LogP contribution < -0.4 is 0 Å². The first kappa shape index (κ1) is 16.1. The predicted molar refractivity (Wildman–Crippen MR) is 71.7 cm³/mol. The Labute approximate surface area is 109 Å². The van der Waals surface area contributed by atoms with E-state index in [2.05, 4.69) is 23.7 Å². The first-order chi connectivity index (χ1) is 7.91. The summed E-state index contributed by atoms with van der Waals surface area (Å²) in [5.74, 6) is 2.10.